The first-order valence-electron chi connectivity index (χ1n) is 4.97. The minimum absolute atomic E-state index is 0.632. The molecule has 1 aromatic carbocycles. The molecule has 0 spiro atoms. The molecule has 1 aliphatic rings. The van der Waals surface area contributed by atoms with E-state index in [4.69, 9.17) is 11.6 Å². The third kappa shape index (κ3) is 2.54. The van der Waals surface area contributed by atoms with Crippen molar-refractivity contribution in [2.24, 2.45) is 0 Å². The summed E-state index contributed by atoms with van der Waals surface area (Å²) >= 11 is 8.42. The van der Waals surface area contributed by atoms with E-state index in [-0.39, 0.29) is 0 Å². The molecule has 1 N–H and O–H groups in total. The zero-order valence-electron chi connectivity index (χ0n) is 7.89. The van der Waals surface area contributed by atoms with Gasteiger partial charge in [-0.15, -0.1) is 0 Å². The minimum atomic E-state index is 0.632. The van der Waals surface area contributed by atoms with Gasteiger partial charge in [0.15, 0.2) is 0 Å². The summed E-state index contributed by atoms with van der Waals surface area (Å²) in [5, 5.41) is 4.34. The molecule has 1 saturated carbocycles. The van der Waals surface area contributed by atoms with Crippen molar-refractivity contribution in [3.05, 3.63) is 26.8 Å². The number of halogens is 2. The van der Waals surface area contributed by atoms with E-state index in [2.05, 4.69) is 40.0 Å². The fourth-order valence-corrected chi connectivity index (χ4v) is 2.81. The van der Waals surface area contributed by atoms with Gasteiger partial charge in [-0.3, -0.25) is 0 Å². The van der Waals surface area contributed by atoms with Crippen molar-refractivity contribution in [2.75, 3.05) is 5.32 Å². The van der Waals surface area contributed by atoms with Crippen molar-refractivity contribution in [3.63, 3.8) is 0 Å². The predicted molar refractivity (Wildman–Crippen MR) is 70.0 cm³/mol. The second-order valence-corrected chi connectivity index (χ2v) is 5.40. The molecular weight excluding hydrogens is 308 g/mol. The van der Waals surface area contributed by atoms with Gasteiger partial charge in [-0.25, -0.2) is 0 Å². The van der Waals surface area contributed by atoms with Gasteiger partial charge in [-0.2, -0.15) is 0 Å². The number of rotatable bonds is 2. The summed E-state index contributed by atoms with van der Waals surface area (Å²) in [4.78, 5) is 0. The minimum Gasteiger partial charge on any atom is -0.381 e. The van der Waals surface area contributed by atoms with Crippen molar-refractivity contribution in [1.29, 1.82) is 0 Å². The molecule has 0 bridgehead atoms. The highest BCUT2D eigenvalue weighted by Crippen LogP contribution is 2.28. The molecule has 0 amide bonds. The second kappa shape index (κ2) is 4.71. The van der Waals surface area contributed by atoms with E-state index in [9.17, 15) is 0 Å². The lowest BCUT2D eigenvalue weighted by Crippen LogP contribution is -2.14. The van der Waals surface area contributed by atoms with Gasteiger partial charge in [0.05, 0.1) is 10.7 Å². The number of nitrogens with one attached hydrogen (secondary N) is 1. The van der Waals surface area contributed by atoms with Crippen LogP contribution in [0.2, 0.25) is 5.02 Å². The Hall–Kier alpha value is 0.0400. The van der Waals surface area contributed by atoms with E-state index in [0.717, 1.165) is 10.7 Å². The Kier molecular flexibility index (Phi) is 3.55. The number of hydrogen-bond acceptors (Lipinski definition) is 1. The third-order valence-corrected chi connectivity index (χ3v) is 3.63. The Morgan fingerprint density at radius 2 is 2.00 bits per heavy atom. The molecule has 2 rings (SSSR count). The highest BCUT2D eigenvalue weighted by Gasteiger charge is 2.15. The summed E-state index contributed by atoms with van der Waals surface area (Å²) in [5.41, 5.74) is 1.08. The van der Waals surface area contributed by atoms with Gasteiger partial charge in [0.2, 0.25) is 0 Å². The van der Waals surface area contributed by atoms with Gasteiger partial charge >= 0.3 is 0 Å². The molecule has 0 saturated heterocycles. The van der Waals surface area contributed by atoms with Gasteiger partial charge in [0, 0.05) is 9.61 Å². The zero-order chi connectivity index (χ0) is 9.97. The molecule has 0 aromatic heterocycles. The van der Waals surface area contributed by atoms with Crippen molar-refractivity contribution in [2.45, 2.75) is 31.7 Å². The summed E-state index contributed by atoms with van der Waals surface area (Å²) in [6.45, 7) is 0. The van der Waals surface area contributed by atoms with E-state index in [1.807, 2.05) is 6.07 Å². The van der Waals surface area contributed by atoms with Crippen LogP contribution in [0.25, 0.3) is 0 Å². The molecule has 0 unspecified atom stereocenters. The summed E-state index contributed by atoms with van der Waals surface area (Å²) < 4.78 is 1.18. The van der Waals surface area contributed by atoms with Gasteiger partial charge in [-0.1, -0.05) is 24.4 Å². The average molecular weight is 322 g/mol. The molecule has 1 fully saturated rings. The molecular formula is C11H13ClIN. The smallest absolute Gasteiger partial charge is 0.0648 e. The van der Waals surface area contributed by atoms with Crippen LogP contribution in [-0.4, -0.2) is 6.04 Å². The largest absolute Gasteiger partial charge is 0.381 e. The molecule has 76 valence electrons. The normalized spacial score (nSPS) is 17.3. The van der Waals surface area contributed by atoms with Crippen molar-refractivity contribution < 1.29 is 0 Å². The lowest BCUT2D eigenvalue weighted by molar-refractivity contribution is 0.755. The van der Waals surface area contributed by atoms with Gasteiger partial charge in [0.25, 0.3) is 0 Å². The molecule has 0 radical (unpaired) electrons. The fourth-order valence-electron chi connectivity index (χ4n) is 1.90. The topological polar surface area (TPSA) is 12.0 Å². The number of hydrogen-bond donors (Lipinski definition) is 1. The summed E-state index contributed by atoms with van der Waals surface area (Å²) in [6.07, 6.45) is 5.25. The van der Waals surface area contributed by atoms with Crippen LogP contribution in [0.15, 0.2) is 18.2 Å². The molecule has 0 atom stereocenters. The molecule has 1 aliphatic carbocycles. The fraction of sp³-hybridized carbons (Fsp3) is 0.455. The van der Waals surface area contributed by atoms with E-state index < -0.39 is 0 Å². The van der Waals surface area contributed by atoms with Crippen LogP contribution >= 0.6 is 34.2 Å². The lowest BCUT2D eigenvalue weighted by atomic mass is 10.2. The number of benzene rings is 1. The van der Waals surface area contributed by atoms with Gasteiger partial charge in [-0.05, 0) is 53.6 Å². The SMILES string of the molecule is Clc1cc(I)ccc1NC1CCCC1. The van der Waals surface area contributed by atoms with Crippen LogP contribution < -0.4 is 5.32 Å². The first-order valence-corrected chi connectivity index (χ1v) is 6.43. The second-order valence-electron chi connectivity index (χ2n) is 3.75. The average Bonchev–Trinajstić information content (AvgIpc) is 2.62. The Bertz CT molecular complexity index is 321. The Morgan fingerprint density at radius 1 is 1.29 bits per heavy atom. The van der Waals surface area contributed by atoms with Crippen LogP contribution in [0.1, 0.15) is 25.7 Å². The van der Waals surface area contributed by atoms with E-state index in [1.165, 1.54) is 29.3 Å². The molecule has 1 nitrogen and oxygen atoms in total. The predicted octanol–water partition coefficient (Wildman–Crippen LogP) is 4.30. The summed E-state index contributed by atoms with van der Waals surface area (Å²) in [6, 6.07) is 6.79. The monoisotopic (exact) mass is 321 g/mol. The van der Waals surface area contributed by atoms with E-state index in [1.54, 1.807) is 0 Å². The molecule has 1 aromatic rings. The maximum absolute atomic E-state index is 6.14. The molecule has 3 heteroatoms. The number of anilines is 1. The van der Waals surface area contributed by atoms with Crippen LogP contribution in [0, 0.1) is 3.57 Å². The quantitative estimate of drug-likeness (QED) is 0.801. The molecule has 0 aliphatic heterocycles. The highest BCUT2D eigenvalue weighted by atomic mass is 127. The molecule has 14 heavy (non-hydrogen) atoms. The van der Waals surface area contributed by atoms with E-state index >= 15 is 0 Å². The Balaban J connectivity index is 2.08. The van der Waals surface area contributed by atoms with Gasteiger partial charge in [0.1, 0.15) is 0 Å². The van der Waals surface area contributed by atoms with E-state index in [0.29, 0.717) is 6.04 Å². The lowest BCUT2D eigenvalue weighted by Gasteiger charge is -2.14. The van der Waals surface area contributed by atoms with Crippen LogP contribution in [0.3, 0.4) is 0 Å². The first-order chi connectivity index (χ1) is 6.75. The van der Waals surface area contributed by atoms with Crippen LogP contribution in [0.4, 0.5) is 5.69 Å². The van der Waals surface area contributed by atoms with Gasteiger partial charge < -0.3 is 5.32 Å². The van der Waals surface area contributed by atoms with Crippen LogP contribution in [-0.2, 0) is 0 Å². The maximum Gasteiger partial charge on any atom is 0.0648 e. The first kappa shape index (κ1) is 10.6. The van der Waals surface area contributed by atoms with Crippen LogP contribution in [0.5, 0.6) is 0 Å². The summed E-state index contributed by atoms with van der Waals surface area (Å²) in [7, 11) is 0. The van der Waals surface area contributed by atoms with Crippen molar-refractivity contribution in [1.82, 2.24) is 0 Å². The third-order valence-electron chi connectivity index (χ3n) is 2.65. The standard InChI is InChI=1S/C11H13ClIN/c12-10-7-8(13)5-6-11(10)14-9-3-1-2-4-9/h5-7,9,14H,1-4H2. The van der Waals surface area contributed by atoms with Crippen molar-refractivity contribution >= 4 is 39.9 Å². The Morgan fingerprint density at radius 3 is 2.64 bits per heavy atom. The molecule has 0 heterocycles. The van der Waals surface area contributed by atoms with Crippen molar-refractivity contribution in [3.8, 4) is 0 Å². The zero-order valence-corrected chi connectivity index (χ0v) is 10.8. The maximum atomic E-state index is 6.14. The summed E-state index contributed by atoms with van der Waals surface area (Å²) in [5.74, 6) is 0. The Labute approximate surface area is 103 Å². The highest BCUT2D eigenvalue weighted by molar-refractivity contribution is 14.1.